The van der Waals surface area contributed by atoms with Crippen LogP contribution < -0.4 is 80.1 Å². The minimum Gasteiger partial charge on any atom is -0.744 e. The number of nitrogens with zero attached hydrogens (tertiary/aromatic N) is 4. The van der Waals surface area contributed by atoms with Gasteiger partial charge in [0.1, 0.15) is 54.5 Å². The molecule has 0 aromatic heterocycles. The van der Waals surface area contributed by atoms with Gasteiger partial charge < -0.3 is 30.0 Å². The maximum Gasteiger partial charge on any atom is 1.00 e. The van der Waals surface area contributed by atoms with E-state index in [1.165, 1.54) is 12.1 Å². The maximum atomic E-state index is 12.2. The molecule has 18 heteroatoms. The average Bonchev–Trinajstić information content (AvgIpc) is 3.16. The van der Waals surface area contributed by atoms with Gasteiger partial charge >= 0.3 is 59.1 Å². The molecule has 0 atom stereocenters. The third kappa shape index (κ3) is 10.1. The second-order valence-electron chi connectivity index (χ2n) is 13.0. The number of hydrogen-bond acceptors (Lipinski definition) is 14. The quantitative estimate of drug-likeness (QED) is 0.0741. The Morgan fingerprint density at radius 3 is 1.19 bits per heavy atom. The standard InChI is InChI=1S/C40H40N6O8S2.2Na/c1-5-15-53-35-19-29(23(3)17-31(35)43-45-33-21-37(55(47,48)49)25-11-7-9-13-27(25)39(33)41)30-20-36(54-16-6-2)32(18-24(30)4)44-46-34-22-38(56(50,51)52)26-12-8-10-14-28(26)40(34)42;;/h7-14,17-22H,5-6,15-16,41-42H2,1-4H3,(H,47,48,49)(H,50,51,52);;/q;2*+1/p-2. The number of aryl methyl sites for hydroxylation is 2. The van der Waals surface area contributed by atoms with E-state index < -0.39 is 30.0 Å². The molecule has 290 valence electrons. The SMILES string of the molecule is CCCOc1cc(-c2cc(OCCC)c(N=Nc3cc(S(=O)(=O)[O-])c4ccccc4c3N)cc2C)c(C)cc1N=Nc1cc(S(=O)(=O)[O-])c2ccccc2c1N.[Na+].[Na+]. The van der Waals surface area contributed by atoms with E-state index in [0.29, 0.717) is 59.7 Å². The Balaban J connectivity index is 0.00000372. The van der Waals surface area contributed by atoms with E-state index in [-0.39, 0.29) is 92.6 Å². The number of nitrogen functional groups attached to an aromatic ring is 2. The smallest absolute Gasteiger partial charge is 0.744 e. The predicted molar refractivity (Wildman–Crippen MR) is 214 cm³/mol. The van der Waals surface area contributed by atoms with Gasteiger partial charge in [-0.15, -0.1) is 20.5 Å². The van der Waals surface area contributed by atoms with E-state index in [4.69, 9.17) is 20.9 Å². The Labute approximate surface area is 381 Å². The van der Waals surface area contributed by atoms with Crippen molar-refractivity contribution in [1.29, 1.82) is 0 Å². The van der Waals surface area contributed by atoms with Gasteiger partial charge in [0.15, 0.2) is 0 Å². The van der Waals surface area contributed by atoms with Crippen LogP contribution >= 0.6 is 0 Å². The van der Waals surface area contributed by atoms with Gasteiger partial charge in [0.05, 0.1) is 34.4 Å². The summed E-state index contributed by atoms with van der Waals surface area (Å²) in [4.78, 5) is -0.906. The molecule has 0 aliphatic heterocycles. The van der Waals surface area contributed by atoms with Crippen LogP contribution in [0.1, 0.15) is 37.8 Å². The third-order valence-electron chi connectivity index (χ3n) is 8.95. The molecule has 6 rings (SSSR count). The summed E-state index contributed by atoms with van der Waals surface area (Å²) in [7, 11) is -9.72. The van der Waals surface area contributed by atoms with E-state index >= 15 is 0 Å². The molecule has 4 N–H and O–H groups in total. The van der Waals surface area contributed by atoms with Gasteiger partial charge in [-0.1, -0.05) is 62.4 Å². The number of nitrogens with two attached hydrogens (primary N) is 2. The van der Waals surface area contributed by atoms with Crippen molar-refractivity contribution in [3.8, 4) is 22.6 Å². The Bertz CT molecular complexity index is 2610. The molecule has 0 spiro atoms. The Hall–Kier alpha value is -3.94. The van der Waals surface area contributed by atoms with Crippen molar-refractivity contribution in [1.82, 2.24) is 0 Å². The summed E-state index contributed by atoms with van der Waals surface area (Å²) in [5, 5.41) is 18.5. The summed E-state index contributed by atoms with van der Waals surface area (Å²) in [5.74, 6) is 0.782. The van der Waals surface area contributed by atoms with Gasteiger partial charge in [-0.25, -0.2) is 16.8 Å². The number of hydrogen-bond donors (Lipinski definition) is 2. The summed E-state index contributed by atoms with van der Waals surface area (Å²) in [6, 6.07) is 22.2. The van der Waals surface area contributed by atoms with Crippen molar-refractivity contribution < 1.29 is 94.5 Å². The van der Waals surface area contributed by atoms with Gasteiger partial charge in [0.2, 0.25) is 0 Å². The molecule has 6 aromatic carbocycles. The van der Waals surface area contributed by atoms with Gasteiger partial charge in [0.25, 0.3) is 0 Å². The maximum absolute atomic E-state index is 12.2. The van der Waals surface area contributed by atoms with Crippen molar-refractivity contribution in [2.45, 2.75) is 50.3 Å². The van der Waals surface area contributed by atoms with Crippen molar-refractivity contribution >= 4 is 75.9 Å². The van der Waals surface area contributed by atoms with Gasteiger partial charge in [0, 0.05) is 21.5 Å². The molecule has 14 nitrogen and oxygen atoms in total. The predicted octanol–water partition coefficient (Wildman–Crippen LogP) is 3.67. The van der Waals surface area contributed by atoms with E-state index in [0.717, 1.165) is 34.4 Å². The monoisotopic (exact) mass is 840 g/mol. The average molecular weight is 841 g/mol. The Morgan fingerprint density at radius 2 is 0.862 bits per heavy atom. The number of anilines is 2. The van der Waals surface area contributed by atoms with Crippen molar-refractivity contribution in [2.75, 3.05) is 24.7 Å². The zero-order chi connectivity index (χ0) is 40.4. The minimum absolute atomic E-state index is 0. The third-order valence-corrected chi connectivity index (χ3v) is 10.7. The number of fused-ring (bicyclic) bond motifs is 2. The second kappa shape index (κ2) is 19.4. The van der Waals surface area contributed by atoms with E-state index in [9.17, 15) is 25.9 Å². The van der Waals surface area contributed by atoms with Crippen molar-refractivity contribution in [2.24, 2.45) is 20.5 Å². The van der Waals surface area contributed by atoms with Crippen LogP contribution in [-0.2, 0) is 20.2 Å². The topological polar surface area (TPSA) is 234 Å². The summed E-state index contributed by atoms with van der Waals surface area (Å²) in [5.41, 5.74) is 16.9. The van der Waals surface area contributed by atoms with Crippen molar-refractivity contribution in [3.63, 3.8) is 0 Å². The second-order valence-corrected chi connectivity index (χ2v) is 15.7. The molecule has 58 heavy (non-hydrogen) atoms. The summed E-state index contributed by atoms with van der Waals surface area (Å²) in [6.07, 6.45) is 1.39. The first kappa shape index (κ1) is 46.7. The molecule has 0 unspecified atom stereocenters. The fraction of sp³-hybridized carbons (Fsp3) is 0.200. The van der Waals surface area contributed by atoms with Crippen LogP contribution in [-0.4, -0.2) is 39.2 Å². The zero-order valence-electron chi connectivity index (χ0n) is 32.9. The van der Waals surface area contributed by atoms with Crippen LogP contribution in [0.4, 0.5) is 34.1 Å². The molecule has 0 radical (unpaired) electrons. The molecule has 0 saturated carbocycles. The van der Waals surface area contributed by atoms with Gasteiger partial charge in [-0.05, 0) is 85.3 Å². The molecule has 0 aliphatic carbocycles. The van der Waals surface area contributed by atoms with Gasteiger partial charge in [-0.2, -0.15) is 0 Å². The van der Waals surface area contributed by atoms with Crippen LogP contribution in [0.2, 0.25) is 0 Å². The molecular weight excluding hydrogens is 803 g/mol. The van der Waals surface area contributed by atoms with E-state index in [2.05, 4.69) is 20.5 Å². The summed E-state index contributed by atoms with van der Waals surface area (Å²) < 4.78 is 85.2. The fourth-order valence-corrected chi connectivity index (χ4v) is 7.64. The molecular formula is C40H38N6Na2O8S2. The number of azo groups is 2. The number of rotatable bonds is 13. The molecule has 0 amide bonds. The molecule has 0 heterocycles. The molecule has 0 saturated heterocycles. The van der Waals surface area contributed by atoms with Gasteiger partial charge in [-0.3, -0.25) is 0 Å². The largest absolute Gasteiger partial charge is 1.00 e. The summed E-state index contributed by atoms with van der Waals surface area (Å²) in [6.45, 7) is 8.40. The fourth-order valence-electron chi connectivity index (χ4n) is 6.23. The first-order valence-corrected chi connectivity index (χ1v) is 20.4. The zero-order valence-corrected chi connectivity index (χ0v) is 38.6. The first-order valence-electron chi connectivity index (χ1n) is 17.5. The van der Waals surface area contributed by atoms with Crippen LogP contribution in [0.15, 0.2) is 115 Å². The van der Waals surface area contributed by atoms with Crippen LogP contribution in [0.5, 0.6) is 11.5 Å². The molecule has 0 bridgehead atoms. The van der Waals surface area contributed by atoms with Crippen LogP contribution in [0.3, 0.4) is 0 Å². The number of ether oxygens (including phenoxy) is 2. The Morgan fingerprint density at radius 1 is 0.534 bits per heavy atom. The van der Waals surface area contributed by atoms with Crippen LogP contribution in [0.25, 0.3) is 32.7 Å². The first-order chi connectivity index (χ1) is 26.6. The Kier molecular flexibility index (Phi) is 15.6. The van der Waals surface area contributed by atoms with Crippen molar-refractivity contribution in [3.05, 3.63) is 96.1 Å². The summed E-state index contributed by atoms with van der Waals surface area (Å²) >= 11 is 0. The molecule has 0 fully saturated rings. The van der Waals surface area contributed by atoms with Crippen LogP contribution in [0, 0.1) is 13.8 Å². The van der Waals surface area contributed by atoms with E-state index in [1.54, 1.807) is 48.5 Å². The normalized spacial score (nSPS) is 11.9. The molecule has 0 aliphatic rings. The minimum atomic E-state index is -4.86. The molecule has 6 aromatic rings. The van der Waals surface area contributed by atoms with E-state index in [1.807, 2.05) is 39.8 Å². The number of benzene rings is 6.